The van der Waals surface area contributed by atoms with Gasteiger partial charge in [-0.15, -0.1) is 0 Å². The molecule has 122 valence electrons. The third-order valence-corrected chi connectivity index (χ3v) is 4.28. The third kappa shape index (κ3) is 2.83. The molecule has 0 aliphatic heterocycles. The van der Waals surface area contributed by atoms with Crippen LogP contribution in [0, 0.1) is 27.7 Å². The Morgan fingerprint density at radius 1 is 0.958 bits per heavy atom. The van der Waals surface area contributed by atoms with Gasteiger partial charge in [-0.1, -0.05) is 18.2 Å². The van der Waals surface area contributed by atoms with Gasteiger partial charge in [0.2, 0.25) is 0 Å². The molecule has 1 heterocycles. The van der Waals surface area contributed by atoms with Crippen LogP contribution in [0.3, 0.4) is 0 Å². The molecular weight excluding hydrogens is 302 g/mol. The van der Waals surface area contributed by atoms with E-state index in [-0.39, 0.29) is 11.2 Å². The number of aryl methyl sites for hydroxylation is 4. The Balaban J connectivity index is 2.06. The van der Waals surface area contributed by atoms with Crippen LogP contribution in [-0.4, -0.2) is 5.91 Å². The molecule has 0 radical (unpaired) electrons. The summed E-state index contributed by atoms with van der Waals surface area (Å²) in [4.78, 5) is 24.8. The Morgan fingerprint density at radius 3 is 2.42 bits per heavy atom. The molecule has 0 aliphatic rings. The highest BCUT2D eigenvalue weighted by atomic mass is 16.3. The summed E-state index contributed by atoms with van der Waals surface area (Å²) in [5, 5.41) is 3.31. The number of carbonyl (C=O) groups excluding carboxylic acids is 1. The van der Waals surface area contributed by atoms with Gasteiger partial charge in [0, 0.05) is 11.8 Å². The number of rotatable bonds is 2. The molecule has 0 aliphatic carbocycles. The number of nitrogens with one attached hydrogen (secondary N) is 1. The standard InChI is InChI=1S/C20H19NO3/c1-11-5-6-13(3)16(9-11)21-20(23)18-10-17(22)15-8-7-12(2)14(4)19(15)24-18/h5-10H,1-4H3,(H,21,23). The van der Waals surface area contributed by atoms with Crippen molar-refractivity contribution in [1.29, 1.82) is 0 Å². The summed E-state index contributed by atoms with van der Waals surface area (Å²) >= 11 is 0. The molecule has 1 amide bonds. The summed E-state index contributed by atoms with van der Waals surface area (Å²) in [6.07, 6.45) is 0. The molecule has 2 aromatic carbocycles. The molecule has 0 atom stereocenters. The van der Waals surface area contributed by atoms with Crippen molar-refractivity contribution in [3.63, 3.8) is 0 Å². The first-order chi connectivity index (χ1) is 11.4. The van der Waals surface area contributed by atoms with Crippen LogP contribution in [0.5, 0.6) is 0 Å². The zero-order chi connectivity index (χ0) is 17.4. The lowest BCUT2D eigenvalue weighted by Crippen LogP contribution is -2.16. The van der Waals surface area contributed by atoms with Crippen LogP contribution in [0.25, 0.3) is 11.0 Å². The lowest BCUT2D eigenvalue weighted by molar-refractivity contribution is 0.0997. The van der Waals surface area contributed by atoms with E-state index in [1.54, 1.807) is 6.07 Å². The lowest BCUT2D eigenvalue weighted by Gasteiger charge is -2.10. The van der Waals surface area contributed by atoms with Crippen molar-refractivity contribution in [3.8, 4) is 0 Å². The number of fused-ring (bicyclic) bond motifs is 1. The number of anilines is 1. The van der Waals surface area contributed by atoms with Crippen molar-refractivity contribution in [2.45, 2.75) is 27.7 Å². The molecule has 0 spiro atoms. The molecule has 4 nitrogen and oxygen atoms in total. The van der Waals surface area contributed by atoms with E-state index >= 15 is 0 Å². The quantitative estimate of drug-likeness (QED) is 0.766. The molecular formula is C20H19NO3. The van der Waals surface area contributed by atoms with Gasteiger partial charge in [-0.25, -0.2) is 0 Å². The molecule has 24 heavy (non-hydrogen) atoms. The van der Waals surface area contributed by atoms with Crippen LogP contribution in [0.15, 0.2) is 45.6 Å². The van der Waals surface area contributed by atoms with Gasteiger partial charge in [-0.05, 0) is 62.1 Å². The summed E-state index contributed by atoms with van der Waals surface area (Å²) in [6.45, 7) is 7.70. The molecule has 0 saturated heterocycles. The highest BCUT2D eigenvalue weighted by Gasteiger charge is 2.15. The molecule has 0 bridgehead atoms. The van der Waals surface area contributed by atoms with Gasteiger partial charge < -0.3 is 9.73 Å². The van der Waals surface area contributed by atoms with Crippen LogP contribution >= 0.6 is 0 Å². The van der Waals surface area contributed by atoms with Gasteiger partial charge in [0.1, 0.15) is 5.58 Å². The largest absolute Gasteiger partial charge is 0.450 e. The van der Waals surface area contributed by atoms with Gasteiger partial charge in [0.05, 0.1) is 5.39 Å². The first-order valence-electron chi connectivity index (χ1n) is 7.79. The van der Waals surface area contributed by atoms with E-state index in [1.807, 2.05) is 52.0 Å². The van der Waals surface area contributed by atoms with Crippen molar-refractivity contribution in [1.82, 2.24) is 0 Å². The summed E-state index contributed by atoms with van der Waals surface area (Å²) in [5.41, 5.74) is 4.83. The Morgan fingerprint density at radius 2 is 1.67 bits per heavy atom. The first kappa shape index (κ1) is 16.0. The van der Waals surface area contributed by atoms with E-state index in [0.717, 1.165) is 22.3 Å². The molecule has 0 fully saturated rings. The van der Waals surface area contributed by atoms with Crippen LogP contribution in [-0.2, 0) is 0 Å². The molecule has 0 unspecified atom stereocenters. The zero-order valence-corrected chi connectivity index (χ0v) is 14.2. The Bertz CT molecular complexity index is 1020. The van der Waals surface area contributed by atoms with Crippen molar-refractivity contribution in [2.24, 2.45) is 0 Å². The van der Waals surface area contributed by atoms with Gasteiger partial charge in [-0.2, -0.15) is 0 Å². The predicted octanol–water partition coefficient (Wildman–Crippen LogP) is 4.28. The van der Waals surface area contributed by atoms with Crippen LogP contribution in [0.2, 0.25) is 0 Å². The van der Waals surface area contributed by atoms with Crippen molar-refractivity contribution in [2.75, 3.05) is 5.32 Å². The van der Waals surface area contributed by atoms with E-state index in [2.05, 4.69) is 5.32 Å². The summed E-state index contributed by atoms with van der Waals surface area (Å²) in [7, 11) is 0. The maximum Gasteiger partial charge on any atom is 0.291 e. The Hall–Kier alpha value is -2.88. The van der Waals surface area contributed by atoms with Gasteiger partial charge in [0.25, 0.3) is 5.91 Å². The van der Waals surface area contributed by atoms with E-state index in [0.29, 0.717) is 16.7 Å². The molecule has 1 aromatic heterocycles. The normalized spacial score (nSPS) is 10.8. The van der Waals surface area contributed by atoms with E-state index in [9.17, 15) is 9.59 Å². The summed E-state index contributed by atoms with van der Waals surface area (Å²) < 4.78 is 5.75. The first-order valence-corrected chi connectivity index (χ1v) is 7.79. The second-order valence-corrected chi connectivity index (χ2v) is 6.13. The number of benzene rings is 2. The molecule has 3 aromatic rings. The van der Waals surface area contributed by atoms with Crippen molar-refractivity contribution < 1.29 is 9.21 Å². The fourth-order valence-electron chi connectivity index (χ4n) is 2.62. The Labute approximate surface area is 140 Å². The minimum atomic E-state index is -0.427. The van der Waals surface area contributed by atoms with Gasteiger partial charge in [-0.3, -0.25) is 9.59 Å². The fourth-order valence-corrected chi connectivity index (χ4v) is 2.62. The van der Waals surface area contributed by atoms with E-state index in [1.165, 1.54) is 6.07 Å². The predicted molar refractivity (Wildman–Crippen MR) is 95.8 cm³/mol. The summed E-state index contributed by atoms with van der Waals surface area (Å²) in [5.74, 6) is -0.411. The number of hydrogen-bond donors (Lipinski definition) is 1. The lowest BCUT2D eigenvalue weighted by atomic mass is 10.1. The highest BCUT2D eigenvalue weighted by molar-refractivity contribution is 6.03. The smallest absolute Gasteiger partial charge is 0.291 e. The topological polar surface area (TPSA) is 59.3 Å². The second kappa shape index (κ2) is 5.96. The van der Waals surface area contributed by atoms with Gasteiger partial charge in [0.15, 0.2) is 11.2 Å². The average Bonchev–Trinajstić information content (AvgIpc) is 2.54. The molecule has 3 rings (SSSR count). The van der Waals surface area contributed by atoms with Crippen molar-refractivity contribution >= 4 is 22.6 Å². The summed E-state index contributed by atoms with van der Waals surface area (Å²) in [6, 6.07) is 10.7. The zero-order valence-electron chi connectivity index (χ0n) is 14.2. The second-order valence-electron chi connectivity index (χ2n) is 6.13. The molecule has 1 N–H and O–H groups in total. The number of amides is 1. The average molecular weight is 321 g/mol. The fraction of sp³-hybridized carbons (Fsp3) is 0.200. The van der Waals surface area contributed by atoms with Gasteiger partial charge >= 0.3 is 0 Å². The highest BCUT2D eigenvalue weighted by Crippen LogP contribution is 2.22. The Kier molecular flexibility index (Phi) is 3.97. The van der Waals surface area contributed by atoms with E-state index < -0.39 is 5.91 Å². The SMILES string of the molecule is Cc1ccc(C)c(NC(=O)c2cc(=O)c3ccc(C)c(C)c3o2)c1. The maximum atomic E-state index is 12.5. The number of carbonyl (C=O) groups is 1. The monoisotopic (exact) mass is 321 g/mol. The number of hydrogen-bond acceptors (Lipinski definition) is 3. The van der Waals surface area contributed by atoms with E-state index in [4.69, 9.17) is 4.42 Å². The minimum Gasteiger partial charge on any atom is -0.450 e. The molecule has 0 saturated carbocycles. The molecule has 4 heteroatoms. The van der Waals surface area contributed by atoms with Crippen LogP contribution < -0.4 is 10.7 Å². The maximum absolute atomic E-state index is 12.5. The van der Waals surface area contributed by atoms with Crippen LogP contribution in [0.1, 0.15) is 32.8 Å². The van der Waals surface area contributed by atoms with Crippen molar-refractivity contribution in [3.05, 3.63) is 74.6 Å². The third-order valence-electron chi connectivity index (χ3n) is 4.28. The minimum absolute atomic E-state index is 0.0158. The van der Waals surface area contributed by atoms with Crippen LogP contribution in [0.4, 0.5) is 5.69 Å².